The molecule has 9 heteroatoms. The zero-order chi connectivity index (χ0) is 24.2. The second-order valence-electron chi connectivity index (χ2n) is 8.72. The number of benzene rings is 2. The van der Waals surface area contributed by atoms with Gasteiger partial charge in [0.05, 0.1) is 4.90 Å². The number of carbonyl (C=O) groups is 2. The average Bonchev–Trinajstić information content (AvgIpc) is 2.79. The molecule has 178 valence electrons. The van der Waals surface area contributed by atoms with Crippen LogP contribution < -0.4 is 10.6 Å². The lowest BCUT2D eigenvalue weighted by molar-refractivity contribution is -0.130. The number of piperidine rings is 1. The van der Waals surface area contributed by atoms with Gasteiger partial charge < -0.3 is 10.6 Å². The molecule has 1 heterocycles. The highest BCUT2D eigenvalue weighted by Gasteiger charge is 2.34. The molecule has 0 aliphatic carbocycles. The minimum atomic E-state index is -3.60. The predicted octanol–water partition coefficient (Wildman–Crippen LogP) is 3.31. The molecule has 2 N–H and O–H groups in total. The molecule has 2 aromatic rings. The van der Waals surface area contributed by atoms with E-state index in [9.17, 15) is 22.4 Å². The van der Waals surface area contributed by atoms with E-state index in [1.807, 2.05) is 20.8 Å². The number of hydrogen-bond donors (Lipinski definition) is 2. The van der Waals surface area contributed by atoms with E-state index in [2.05, 4.69) is 10.6 Å². The van der Waals surface area contributed by atoms with E-state index in [0.717, 1.165) is 5.56 Å². The van der Waals surface area contributed by atoms with Gasteiger partial charge in [0, 0.05) is 24.7 Å². The Bertz CT molecular complexity index is 1080. The third-order valence-electron chi connectivity index (χ3n) is 5.84. The van der Waals surface area contributed by atoms with Crippen LogP contribution in [0.1, 0.15) is 32.3 Å². The Morgan fingerprint density at radius 1 is 1.00 bits per heavy atom. The number of anilines is 1. The van der Waals surface area contributed by atoms with Crippen molar-refractivity contribution in [1.82, 2.24) is 9.62 Å². The van der Waals surface area contributed by atoms with Gasteiger partial charge >= 0.3 is 0 Å². The molecule has 2 aromatic carbocycles. The molecule has 3 rings (SSSR count). The van der Waals surface area contributed by atoms with Crippen LogP contribution >= 0.6 is 0 Å². The van der Waals surface area contributed by atoms with Gasteiger partial charge in [0.15, 0.2) is 0 Å². The van der Waals surface area contributed by atoms with Crippen molar-refractivity contribution in [2.75, 3.05) is 18.4 Å². The average molecular weight is 476 g/mol. The van der Waals surface area contributed by atoms with Crippen LogP contribution in [0.4, 0.5) is 10.1 Å². The van der Waals surface area contributed by atoms with Crippen molar-refractivity contribution in [3.8, 4) is 0 Å². The highest BCUT2D eigenvalue weighted by molar-refractivity contribution is 7.89. The Labute approximate surface area is 194 Å². The SMILES string of the molecule is Cc1ccc(S(=O)(=O)N2CCC(C(=O)NC(C(=O)Nc3ccc(F)cc3)C(C)C)CC2)cc1. The van der Waals surface area contributed by atoms with Crippen molar-refractivity contribution in [2.24, 2.45) is 11.8 Å². The number of hydrogen-bond acceptors (Lipinski definition) is 4. The summed E-state index contributed by atoms with van der Waals surface area (Å²) >= 11 is 0. The van der Waals surface area contributed by atoms with E-state index in [1.165, 1.54) is 28.6 Å². The maximum atomic E-state index is 13.1. The first kappa shape index (κ1) is 24.9. The maximum absolute atomic E-state index is 13.1. The van der Waals surface area contributed by atoms with E-state index >= 15 is 0 Å². The Morgan fingerprint density at radius 3 is 2.12 bits per heavy atom. The van der Waals surface area contributed by atoms with E-state index in [4.69, 9.17) is 0 Å². The first-order valence-corrected chi connectivity index (χ1v) is 12.5. The summed E-state index contributed by atoms with van der Waals surface area (Å²) in [6.45, 7) is 6.02. The summed E-state index contributed by atoms with van der Waals surface area (Å²) in [5, 5.41) is 5.52. The molecule has 1 aliphatic heterocycles. The second-order valence-corrected chi connectivity index (χ2v) is 10.7. The highest BCUT2D eigenvalue weighted by atomic mass is 32.2. The fraction of sp³-hybridized carbons (Fsp3) is 0.417. The highest BCUT2D eigenvalue weighted by Crippen LogP contribution is 2.24. The van der Waals surface area contributed by atoms with Gasteiger partial charge in [-0.05, 0) is 62.1 Å². The molecule has 7 nitrogen and oxygen atoms in total. The van der Waals surface area contributed by atoms with Gasteiger partial charge in [-0.15, -0.1) is 0 Å². The fourth-order valence-corrected chi connectivity index (χ4v) is 5.25. The minimum Gasteiger partial charge on any atom is -0.344 e. The van der Waals surface area contributed by atoms with E-state index < -0.39 is 21.9 Å². The molecule has 1 fully saturated rings. The van der Waals surface area contributed by atoms with Gasteiger partial charge in [-0.3, -0.25) is 9.59 Å². The molecule has 1 atom stereocenters. The van der Waals surface area contributed by atoms with Crippen molar-refractivity contribution in [1.29, 1.82) is 0 Å². The number of sulfonamides is 1. The lowest BCUT2D eigenvalue weighted by atomic mass is 9.95. The molecule has 0 spiro atoms. The lowest BCUT2D eigenvalue weighted by Gasteiger charge is -2.32. The Hall–Kier alpha value is -2.78. The lowest BCUT2D eigenvalue weighted by Crippen LogP contribution is -2.50. The monoisotopic (exact) mass is 475 g/mol. The first-order chi connectivity index (χ1) is 15.6. The Morgan fingerprint density at radius 2 is 1.58 bits per heavy atom. The second kappa shape index (κ2) is 10.4. The predicted molar refractivity (Wildman–Crippen MR) is 124 cm³/mol. The topological polar surface area (TPSA) is 95.6 Å². The number of nitrogens with zero attached hydrogens (tertiary/aromatic N) is 1. The molecule has 33 heavy (non-hydrogen) atoms. The molecular weight excluding hydrogens is 445 g/mol. The third-order valence-corrected chi connectivity index (χ3v) is 7.75. The minimum absolute atomic E-state index is 0.170. The fourth-order valence-electron chi connectivity index (χ4n) is 3.78. The van der Waals surface area contributed by atoms with Gasteiger partial charge in [0.25, 0.3) is 0 Å². The van der Waals surface area contributed by atoms with Crippen LogP contribution in [-0.2, 0) is 19.6 Å². The molecule has 1 saturated heterocycles. The molecule has 0 bridgehead atoms. The largest absolute Gasteiger partial charge is 0.344 e. The number of nitrogens with one attached hydrogen (secondary N) is 2. The summed E-state index contributed by atoms with van der Waals surface area (Å²) in [5.41, 5.74) is 1.42. The molecular formula is C24H30FN3O4S. The van der Waals surface area contributed by atoms with Crippen LogP contribution in [0.25, 0.3) is 0 Å². The Balaban J connectivity index is 1.59. The van der Waals surface area contributed by atoms with Crippen molar-refractivity contribution < 1.29 is 22.4 Å². The summed E-state index contributed by atoms with van der Waals surface area (Å²) in [5.74, 6) is -1.61. The van der Waals surface area contributed by atoms with Gasteiger partial charge in [0.2, 0.25) is 21.8 Å². The zero-order valence-electron chi connectivity index (χ0n) is 19.0. The van der Waals surface area contributed by atoms with Crippen LogP contribution in [-0.4, -0.2) is 43.7 Å². The molecule has 1 unspecified atom stereocenters. The number of amides is 2. The molecule has 1 aliphatic rings. The van der Waals surface area contributed by atoms with Crippen LogP contribution in [0.2, 0.25) is 0 Å². The summed E-state index contributed by atoms with van der Waals surface area (Å²) in [7, 11) is -3.60. The number of halogens is 1. The van der Waals surface area contributed by atoms with Crippen molar-refractivity contribution in [2.45, 2.75) is 44.6 Å². The van der Waals surface area contributed by atoms with Crippen molar-refractivity contribution in [3.63, 3.8) is 0 Å². The normalized spacial score (nSPS) is 16.4. The molecule has 0 saturated carbocycles. The van der Waals surface area contributed by atoms with Crippen LogP contribution in [0.5, 0.6) is 0 Å². The van der Waals surface area contributed by atoms with Crippen molar-refractivity contribution in [3.05, 3.63) is 59.9 Å². The molecule has 0 aromatic heterocycles. The molecule has 2 amide bonds. The molecule has 0 radical (unpaired) electrons. The first-order valence-electron chi connectivity index (χ1n) is 11.0. The summed E-state index contributed by atoms with van der Waals surface area (Å²) in [6, 6.07) is 11.3. The summed E-state index contributed by atoms with van der Waals surface area (Å²) in [4.78, 5) is 25.8. The van der Waals surface area contributed by atoms with Crippen LogP contribution in [0.3, 0.4) is 0 Å². The van der Waals surface area contributed by atoms with Crippen LogP contribution in [0.15, 0.2) is 53.4 Å². The van der Waals surface area contributed by atoms with Gasteiger partial charge in [-0.2, -0.15) is 4.31 Å². The van der Waals surface area contributed by atoms with Crippen LogP contribution in [0, 0.1) is 24.6 Å². The number of rotatable bonds is 7. The van der Waals surface area contributed by atoms with Gasteiger partial charge in [-0.1, -0.05) is 31.5 Å². The zero-order valence-corrected chi connectivity index (χ0v) is 19.9. The van der Waals surface area contributed by atoms with Gasteiger partial charge in [0.1, 0.15) is 11.9 Å². The van der Waals surface area contributed by atoms with Gasteiger partial charge in [-0.25, -0.2) is 12.8 Å². The quantitative estimate of drug-likeness (QED) is 0.642. The summed E-state index contributed by atoms with van der Waals surface area (Å²) < 4.78 is 40.2. The maximum Gasteiger partial charge on any atom is 0.247 e. The van der Waals surface area contributed by atoms with Crippen molar-refractivity contribution >= 4 is 27.5 Å². The van der Waals surface area contributed by atoms with E-state index in [1.54, 1.807) is 24.3 Å². The summed E-state index contributed by atoms with van der Waals surface area (Å²) in [6.07, 6.45) is 0.753. The third kappa shape index (κ3) is 6.17. The number of aryl methyl sites for hydroxylation is 1. The number of carbonyl (C=O) groups excluding carboxylic acids is 2. The van der Waals surface area contributed by atoms with E-state index in [-0.39, 0.29) is 41.6 Å². The van der Waals surface area contributed by atoms with E-state index in [0.29, 0.717) is 18.5 Å². The smallest absolute Gasteiger partial charge is 0.247 e. The Kier molecular flexibility index (Phi) is 7.86. The standard InChI is InChI=1S/C24H30FN3O4S/c1-16(2)22(24(30)26-20-8-6-19(25)7-9-20)27-23(29)18-12-14-28(15-13-18)33(31,32)21-10-4-17(3)5-11-21/h4-11,16,18,22H,12-15H2,1-3H3,(H,26,30)(H,27,29).